The van der Waals surface area contributed by atoms with Crippen LogP contribution in [0.4, 0.5) is 5.69 Å². The number of Topliss-reactive ketones (excluding diaryl/α,β-unsaturated/α-hetero) is 2. The quantitative estimate of drug-likeness (QED) is 0.471. The topological polar surface area (TPSA) is 111 Å². The van der Waals surface area contributed by atoms with E-state index in [1.807, 2.05) is 0 Å². The molecule has 1 saturated carbocycles. The lowest BCUT2D eigenvalue weighted by atomic mass is 9.82. The number of nitro groups is 1. The maximum absolute atomic E-state index is 11.8. The van der Waals surface area contributed by atoms with Crippen molar-refractivity contribution in [2.24, 2.45) is 5.92 Å². The van der Waals surface area contributed by atoms with Crippen LogP contribution in [0.5, 0.6) is 0 Å². The lowest BCUT2D eigenvalue weighted by molar-refractivity contribution is -0.385. The van der Waals surface area contributed by atoms with Gasteiger partial charge in [0.1, 0.15) is 11.6 Å². The molecule has 7 nitrogen and oxygen atoms in total. The van der Waals surface area contributed by atoms with Gasteiger partial charge in [-0.25, -0.2) is 8.42 Å². The molecule has 0 bridgehead atoms. The Hall–Kier alpha value is -2.09. The minimum absolute atomic E-state index is 0.0575. The van der Waals surface area contributed by atoms with E-state index in [0.717, 1.165) is 12.3 Å². The molecule has 1 fully saturated rings. The predicted molar refractivity (Wildman–Crippen MR) is 77.3 cm³/mol. The summed E-state index contributed by atoms with van der Waals surface area (Å²) in [6, 6.07) is 3.54. The second-order valence-electron chi connectivity index (χ2n) is 5.36. The van der Waals surface area contributed by atoms with Gasteiger partial charge in [-0.15, -0.1) is 0 Å². The molecular weight excluding hydrogens is 310 g/mol. The Labute approximate surface area is 127 Å². The van der Waals surface area contributed by atoms with E-state index >= 15 is 0 Å². The molecule has 8 heteroatoms. The van der Waals surface area contributed by atoms with E-state index in [2.05, 4.69) is 0 Å². The molecule has 0 atom stereocenters. The van der Waals surface area contributed by atoms with Crippen LogP contribution in [0.3, 0.4) is 0 Å². The van der Waals surface area contributed by atoms with Gasteiger partial charge in [0, 0.05) is 30.7 Å². The standard InChI is InChI=1S/C14H15NO6S/c1-22(20,21)10-6-5-9(12(8-10)15(18)19)7-11-13(16)3-2-4-14(11)17/h5-6,8,11H,2-4,7H2,1H3. The third-order valence-corrected chi connectivity index (χ3v) is 4.84. The monoisotopic (exact) mass is 325 g/mol. The van der Waals surface area contributed by atoms with Crippen LogP contribution >= 0.6 is 0 Å². The summed E-state index contributed by atoms with van der Waals surface area (Å²) in [4.78, 5) is 34.0. The van der Waals surface area contributed by atoms with E-state index in [1.54, 1.807) is 0 Å². The van der Waals surface area contributed by atoms with E-state index in [0.29, 0.717) is 19.3 Å². The van der Waals surface area contributed by atoms with Gasteiger partial charge in [-0.2, -0.15) is 0 Å². The number of nitrogens with zero attached hydrogens (tertiary/aromatic N) is 1. The molecule has 0 aromatic heterocycles. The second-order valence-corrected chi connectivity index (χ2v) is 7.38. The highest BCUT2D eigenvalue weighted by atomic mass is 32.2. The van der Waals surface area contributed by atoms with Crippen LogP contribution in [0.15, 0.2) is 23.1 Å². The van der Waals surface area contributed by atoms with Crippen LogP contribution < -0.4 is 0 Å². The fraction of sp³-hybridized carbons (Fsp3) is 0.429. The fourth-order valence-corrected chi connectivity index (χ4v) is 3.17. The van der Waals surface area contributed by atoms with Crippen LogP contribution in [-0.4, -0.2) is 31.2 Å². The van der Waals surface area contributed by atoms with Crippen LogP contribution in [0.1, 0.15) is 24.8 Å². The van der Waals surface area contributed by atoms with Crippen LogP contribution in [0.25, 0.3) is 0 Å². The minimum Gasteiger partial charge on any atom is -0.299 e. The lowest BCUT2D eigenvalue weighted by Gasteiger charge is -2.19. The zero-order valence-corrected chi connectivity index (χ0v) is 12.8. The van der Waals surface area contributed by atoms with Crippen molar-refractivity contribution in [3.8, 4) is 0 Å². The Morgan fingerprint density at radius 1 is 1.23 bits per heavy atom. The predicted octanol–water partition coefficient (Wildman–Crippen LogP) is 1.48. The first-order chi connectivity index (χ1) is 10.2. The van der Waals surface area contributed by atoms with Gasteiger partial charge in [-0.1, -0.05) is 6.07 Å². The molecule has 0 heterocycles. The maximum atomic E-state index is 11.8. The molecule has 0 saturated heterocycles. The van der Waals surface area contributed by atoms with Gasteiger partial charge in [-0.05, 0) is 18.9 Å². The molecule has 0 N–H and O–H groups in total. The SMILES string of the molecule is CS(=O)(=O)c1ccc(CC2C(=O)CCCC2=O)c([N+](=O)[O-])c1. The van der Waals surface area contributed by atoms with Gasteiger partial charge >= 0.3 is 0 Å². The van der Waals surface area contributed by atoms with Gasteiger partial charge in [-0.3, -0.25) is 19.7 Å². The van der Waals surface area contributed by atoms with Gasteiger partial charge < -0.3 is 0 Å². The smallest absolute Gasteiger partial charge is 0.273 e. The number of carbonyl (C=O) groups excluding carboxylic acids is 2. The van der Waals surface area contributed by atoms with Gasteiger partial charge in [0.05, 0.1) is 15.7 Å². The molecule has 0 spiro atoms. The number of hydrogen-bond donors (Lipinski definition) is 0. The van der Waals surface area contributed by atoms with Gasteiger partial charge in [0.15, 0.2) is 9.84 Å². The molecule has 0 radical (unpaired) electrons. The summed E-state index contributed by atoms with van der Waals surface area (Å²) in [6.45, 7) is 0. The molecule has 1 aromatic rings. The third kappa shape index (κ3) is 3.38. The van der Waals surface area contributed by atoms with Crippen molar-refractivity contribution in [1.29, 1.82) is 0 Å². The van der Waals surface area contributed by atoms with Crippen molar-refractivity contribution in [2.75, 3.05) is 6.26 Å². The summed E-state index contributed by atoms with van der Waals surface area (Å²) in [6.07, 6.45) is 2.01. The van der Waals surface area contributed by atoms with E-state index in [1.165, 1.54) is 12.1 Å². The molecule has 118 valence electrons. The lowest BCUT2D eigenvalue weighted by Crippen LogP contribution is -2.30. The zero-order chi connectivity index (χ0) is 16.5. The number of hydrogen-bond acceptors (Lipinski definition) is 6. The Bertz CT molecular complexity index is 737. The Morgan fingerprint density at radius 3 is 2.32 bits per heavy atom. The Morgan fingerprint density at radius 2 is 1.82 bits per heavy atom. The molecule has 1 aliphatic carbocycles. The Kier molecular flexibility index (Phi) is 4.41. The van der Waals surface area contributed by atoms with E-state index in [4.69, 9.17) is 0 Å². The average Bonchev–Trinajstić information content (AvgIpc) is 2.42. The highest BCUT2D eigenvalue weighted by Crippen LogP contribution is 2.28. The minimum atomic E-state index is -3.57. The summed E-state index contributed by atoms with van der Waals surface area (Å²) < 4.78 is 23.0. The molecule has 1 aliphatic rings. The largest absolute Gasteiger partial charge is 0.299 e. The number of ketones is 2. The molecule has 0 aliphatic heterocycles. The van der Waals surface area contributed by atoms with Crippen LogP contribution in [-0.2, 0) is 25.8 Å². The van der Waals surface area contributed by atoms with Crippen molar-refractivity contribution in [3.63, 3.8) is 0 Å². The summed E-state index contributed by atoms with van der Waals surface area (Å²) >= 11 is 0. The van der Waals surface area contributed by atoms with Crippen LogP contribution in [0, 0.1) is 16.0 Å². The summed E-state index contributed by atoms with van der Waals surface area (Å²) in [7, 11) is -3.57. The second kappa shape index (κ2) is 5.96. The van der Waals surface area contributed by atoms with Crippen molar-refractivity contribution in [2.45, 2.75) is 30.6 Å². The van der Waals surface area contributed by atoms with Crippen molar-refractivity contribution in [1.82, 2.24) is 0 Å². The first-order valence-electron chi connectivity index (χ1n) is 6.73. The molecule has 0 unspecified atom stereocenters. The Balaban J connectivity index is 2.40. The molecule has 1 aromatic carbocycles. The number of nitro benzene ring substituents is 1. The van der Waals surface area contributed by atoms with Crippen molar-refractivity contribution in [3.05, 3.63) is 33.9 Å². The van der Waals surface area contributed by atoms with E-state index in [9.17, 15) is 28.1 Å². The highest BCUT2D eigenvalue weighted by Gasteiger charge is 2.32. The zero-order valence-electron chi connectivity index (χ0n) is 11.9. The number of benzene rings is 1. The fourth-order valence-electron chi connectivity index (χ4n) is 2.53. The summed E-state index contributed by atoms with van der Waals surface area (Å²) in [5, 5.41) is 11.1. The number of rotatable bonds is 4. The van der Waals surface area contributed by atoms with Gasteiger partial charge in [0.2, 0.25) is 0 Å². The summed E-state index contributed by atoms with van der Waals surface area (Å²) in [5.74, 6) is -1.29. The normalized spacial score (nSPS) is 16.8. The first-order valence-corrected chi connectivity index (χ1v) is 8.62. The van der Waals surface area contributed by atoms with E-state index in [-0.39, 0.29) is 34.1 Å². The van der Waals surface area contributed by atoms with E-state index < -0.39 is 20.7 Å². The molecule has 2 rings (SSSR count). The number of carbonyl (C=O) groups is 2. The van der Waals surface area contributed by atoms with Crippen LogP contribution in [0.2, 0.25) is 0 Å². The third-order valence-electron chi connectivity index (χ3n) is 3.73. The maximum Gasteiger partial charge on any atom is 0.273 e. The highest BCUT2D eigenvalue weighted by molar-refractivity contribution is 7.90. The first kappa shape index (κ1) is 16.3. The molecule has 22 heavy (non-hydrogen) atoms. The average molecular weight is 325 g/mol. The number of sulfone groups is 1. The van der Waals surface area contributed by atoms with Crippen molar-refractivity contribution < 1.29 is 22.9 Å². The summed E-state index contributed by atoms with van der Waals surface area (Å²) in [5.41, 5.74) is -0.180. The molecular formula is C14H15NO6S. The van der Waals surface area contributed by atoms with Gasteiger partial charge in [0.25, 0.3) is 5.69 Å². The molecule has 0 amide bonds. The van der Waals surface area contributed by atoms with Crippen molar-refractivity contribution >= 4 is 27.1 Å².